The normalized spacial score (nSPS) is 23.0. The number of thiophene rings is 1. The minimum atomic E-state index is -5.36. The summed E-state index contributed by atoms with van der Waals surface area (Å²) >= 11 is 1.28. The zero-order chi connectivity index (χ0) is 23.8. The molecule has 0 radical (unpaired) electrons. The van der Waals surface area contributed by atoms with Gasteiger partial charge in [-0.25, -0.2) is 9.48 Å². The van der Waals surface area contributed by atoms with Gasteiger partial charge in [0, 0.05) is 11.8 Å². The molecule has 0 bridgehead atoms. The van der Waals surface area contributed by atoms with Crippen molar-refractivity contribution in [1.82, 2.24) is 20.4 Å². The van der Waals surface area contributed by atoms with Crippen molar-refractivity contribution < 1.29 is 32.6 Å². The number of carbonyl (C=O) groups excluding carboxylic acids is 2. The number of aliphatic hydroxyl groups is 1. The number of hydrogen-bond acceptors (Lipinski definition) is 6. The van der Waals surface area contributed by atoms with Crippen LogP contribution in [-0.2, 0) is 9.53 Å². The standard InChI is InChI=1S/C21H19F3N4O4S/c1-2-32-18(29)15-17(25-19(30)26-20(15,31)21(22,23)24)13-11-28(12-7-4-3-5-8-12)27-16(13)14-9-6-10-33-14/h3-11,15,17,31H,2H2,1H3,(H2,25,26,30)/t15-,17+,20-/m0/s1. The van der Waals surface area contributed by atoms with E-state index in [9.17, 15) is 27.9 Å². The molecular weight excluding hydrogens is 461 g/mol. The lowest BCUT2D eigenvalue weighted by molar-refractivity contribution is -0.294. The third-order valence-electron chi connectivity index (χ3n) is 5.20. The Labute approximate surface area is 190 Å². The van der Waals surface area contributed by atoms with E-state index in [2.05, 4.69) is 10.4 Å². The lowest BCUT2D eigenvalue weighted by Gasteiger charge is -2.44. The number of nitrogens with zero attached hydrogens (tertiary/aromatic N) is 2. The minimum Gasteiger partial charge on any atom is -0.466 e. The molecule has 1 fully saturated rings. The van der Waals surface area contributed by atoms with Crippen LogP contribution in [0.25, 0.3) is 16.3 Å². The Bertz CT molecular complexity index is 1150. The average Bonchev–Trinajstić information content (AvgIpc) is 3.43. The van der Waals surface area contributed by atoms with Gasteiger partial charge in [-0.15, -0.1) is 11.3 Å². The second kappa shape index (κ2) is 8.52. The summed E-state index contributed by atoms with van der Waals surface area (Å²) in [5.41, 5.74) is -2.86. The van der Waals surface area contributed by atoms with E-state index in [0.29, 0.717) is 10.6 Å². The fourth-order valence-electron chi connectivity index (χ4n) is 3.73. The van der Waals surface area contributed by atoms with Crippen molar-refractivity contribution in [3.63, 3.8) is 0 Å². The van der Waals surface area contributed by atoms with Gasteiger partial charge in [-0.1, -0.05) is 24.3 Å². The number of ether oxygens (including phenoxy) is 1. The molecule has 0 saturated carbocycles. The lowest BCUT2D eigenvalue weighted by Crippen LogP contribution is -2.73. The molecule has 0 spiro atoms. The van der Waals surface area contributed by atoms with E-state index in [1.165, 1.54) is 34.5 Å². The number of esters is 1. The largest absolute Gasteiger partial charge is 0.466 e. The summed E-state index contributed by atoms with van der Waals surface area (Å²) in [5.74, 6) is -3.55. The second-order valence-electron chi connectivity index (χ2n) is 7.26. The first-order valence-electron chi connectivity index (χ1n) is 9.89. The van der Waals surface area contributed by atoms with Crippen LogP contribution in [0.2, 0.25) is 0 Å². The number of para-hydroxylation sites is 1. The number of aromatic nitrogens is 2. The predicted octanol–water partition coefficient (Wildman–Crippen LogP) is 3.38. The van der Waals surface area contributed by atoms with E-state index in [1.807, 2.05) is 0 Å². The summed E-state index contributed by atoms with van der Waals surface area (Å²) in [6.45, 7) is 1.21. The summed E-state index contributed by atoms with van der Waals surface area (Å²) < 4.78 is 48.2. The van der Waals surface area contributed by atoms with Crippen LogP contribution in [0.4, 0.5) is 18.0 Å². The molecule has 4 rings (SSSR count). The SMILES string of the molecule is CCOC(=O)[C@@H]1[C@@H](c2cn(-c3ccccc3)nc2-c2cccs2)NC(=O)N[C@@]1(O)C(F)(F)F. The molecular formula is C21H19F3N4O4S. The highest BCUT2D eigenvalue weighted by Gasteiger charge is 2.67. The van der Waals surface area contributed by atoms with E-state index < -0.39 is 35.9 Å². The van der Waals surface area contributed by atoms with Gasteiger partial charge in [0.15, 0.2) is 0 Å². The Morgan fingerprint density at radius 2 is 2.00 bits per heavy atom. The molecule has 0 aliphatic carbocycles. The molecule has 3 N–H and O–H groups in total. The number of halogens is 3. The zero-order valence-corrected chi connectivity index (χ0v) is 18.0. The molecule has 33 heavy (non-hydrogen) atoms. The molecule has 3 heterocycles. The molecule has 1 aliphatic rings. The number of rotatable bonds is 5. The third kappa shape index (κ3) is 4.07. The summed E-state index contributed by atoms with van der Waals surface area (Å²) in [5, 5.41) is 20.7. The van der Waals surface area contributed by atoms with Gasteiger partial charge in [0.1, 0.15) is 11.6 Å². The van der Waals surface area contributed by atoms with Crippen LogP contribution in [0.3, 0.4) is 0 Å². The third-order valence-corrected chi connectivity index (χ3v) is 6.08. The number of hydrogen-bond donors (Lipinski definition) is 3. The van der Waals surface area contributed by atoms with Crippen molar-refractivity contribution in [1.29, 1.82) is 0 Å². The first kappa shape index (κ1) is 22.8. The lowest BCUT2D eigenvalue weighted by atomic mass is 9.82. The average molecular weight is 480 g/mol. The van der Waals surface area contributed by atoms with Gasteiger partial charge in [0.25, 0.3) is 5.72 Å². The summed E-state index contributed by atoms with van der Waals surface area (Å²) in [6.07, 6.45) is -3.93. The van der Waals surface area contributed by atoms with Crippen molar-refractivity contribution >= 4 is 23.3 Å². The van der Waals surface area contributed by atoms with Gasteiger partial charge in [-0.05, 0) is 30.5 Å². The molecule has 1 saturated heterocycles. The van der Waals surface area contributed by atoms with Crippen molar-refractivity contribution in [3.8, 4) is 16.3 Å². The number of alkyl halides is 3. The van der Waals surface area contributed by atoms with Gasteiger partial charge in [-0.2, -0.15) is 18.3 Å². The van der Waals surface area contributed by atoms with Crippen molar-refractivity contribution in [3.05, 3.63) is 59.6 Å². The summed E-state index contributed by atoms with van der Waals surface area (Å²) in [7, 11) is 0. The Kier molecular flexibility index (Phi) is 5.89. The van der Waals surface area contributed by atoms with Gasteiger partial charge in [0.2, 0.25) is 0 Å². The fraction of sp³-hybridized carbons (Fsp3) is 0.286. The van der Waals surface area contributed by atoms with Gasteiger partial charge in [0.05, 0.1) is 23.2 Å². The maximum Gasteiger partial charge on any atom is 0.437 e. The molecule has 2 aromatic heterocycles. The van der Waals surface area contributed by atoms with Crippen LogP contribution < -0.4 is 10.6 Å². The summed E-state index contributed by atoms with van der Waals surface area (Å²) in [4.78, 5) is 25.6. The van der Waals surface area contributed by atoms with Crippen LogP contribution in [-0.4, -0.2) is 45.4 Å². The quantitative estimate of drug-likeness (QED) is 0.486. The molecule has 2 amide bonds. The molecule has 1 aromatic carbocycles. The number of benzene rings is 1. The Morgan fingerprint density at radius 1 is 1.27 bits per heavy atom. The monoisotopic (exact) mass is 480 g/mol. The van der Waals surface area contributed by atoms with Crippen LogP contribution in [0.1, 0.15) is 18.5 Å². The van der Waals surface area contributed by atoms with E-state index >= 15 is 0 Å². The molecule has 12 heteroatoms. The molecule has 8 nitrogen and oxygen atoms in total. The van der Waals surface area contributed by atoms with Crippen LogP contribution in [0, 0.1) is 5.92 Å². The molecule has 3 aromatic rings. The molecule has 1 aliphatic heterocycles. The van der Waals surface area contributed by atoms with E-state index in [-0.39, 0.29) is 17.9 Å². The Balaban J connectivity index is 1.92. The van der Waals surface area contributed by atoms with E-state index in [0.717, 1.165) is 0 Å². The second-order valence-corrected chi connectivity index (χ2v) is 8.21. The fourth-order valence-corrected chi connectivity index (χ4v) is 4.46. The van der Waals surface area contributed by atoms with Gasteiger partial charge < -0.3 is 20.5 Å². The van der Waals surface area contributed by atoms with Gasteiger partial charge in [-0.3, -0.25) is 4.79 Å². The highest BCUT2D eigenvalue weighted by Crippen LogP contribution is 2.45. The van der Waals surface area contributed by atoms with Crippen LogP contribution >= 0.6 is 11.3 Å². The minimum absolute atomic E-state index is 0.122. The highest BCUT2D eigenvalue weighted by molar-refractivity contribution is 7.13. The molecule has 174 valence electrons. The van der Waals surface area contributed by atoms with Crippen LogP contribution in [0.5, 0.6) is 0 Å². The highest BCUT2D eigenvalue weighted by atomic mass is 32.1. The van der Waals surface area contributed by atoms with E-state index in [4.69, 9.17) is 4.74 Å². The van der Waals surface area contributed by atoms with E-state index in [1.54, 1.807) is 47.8 Å². The first-order chi connectivity index (χ1) is 15.7. The van der Waals surface area contributed by atoms with Gasteiger partial charge >= 0.3 is 18.2 Å². The topological polar surface area (TPSA) is 105 Å². The molecule has 0 unspecified atom stereocenters. The van der Waals surface area contributed by atoms with Crippen LogP contribution in [0.15, 0.2) is 54.0 Å². The number of urea groups is 1. The smallest absolute Gasteiger partial charge is 0.437 e. The Morgan fingerprint density at radius 3 is 2.61 bits per heavy atom. The number of amides is 2. The maximum absolute atomic E-state index is 14.0. The van der Waals surface area contributed by atoms with Crippen molar-refractivity contribution in [2.45, 2.75) is 24.9 Å². The van der Waals surface area contributed by atoms with Crippen molar-refractivity contribution in [2.24, 2.45) is 5.92 Å². The Hall–Kier alpha value is -3.38. The molecule has 3 atom stereocenters. The predicted molar refractivity (Wildman–Crippen MR) is 112 cm³/mol. The number of nitrogens with one attached hydrogen (secondary N) is 2. The maximum atomic E-state index is 14.0. The number of carbonyl (C=O) groups is 2. The zero-order valence-electron chi connectivity index (χ0n) is 17.2. The van der Waals surface area contributed by atoms with Crippen molar-refractivity contribution in [2.75, 3.05) is 6.61 Å². The summed E-state index contributed by atoms with van der Waals surface area (Å²) in [6, 6.07) is 9.38. The first-order valence-corrected chi connectivity index (χ1v) is 10.8.